The molecule has 0 aliphatic heterocycles. The average Bonchev–Trinajstić information content (AvgIpc) is 2.61. The zero-order chi connectivity index (χ0) is 17.4. The van der Waals surface area contributed by atoms with Gasteiger partial charge < -0.3 is 20.1 Å². The van der Waals surface area contributed by atoms with E-state index in [9.17, 15) is 0 Å². The number of nitrogens with one attached hydrogen (secondary N) is 2. The fourth-order valence-electron chi connectivity index (χ4n) is 3.07. The van der Waals surface area contributed by atoms with E-state index in [4.69, 9.17) is 14.5 Å². The zero-order valence-corrected chi connectivity index (χ0v) is 18.1. The molecule has 25 heavy (non-hydrogen) atoms. The van der Waals surface area contributed by atoms with Crippen LogP contribution in [0.1, 0.15) is 45.1 Å². The van der Waals surface area contributed by atoms with Crippen LogP contribution in [0.2, 0.25) is 0 Å². The zero-order valence-electron chi connectivity index (χ0n) is 15.8. The molecule has 0 radical (unpaired) electrons. The molecule has 142 valence electrons. The number of hydrogen-bond donors (Lipinski definition) is 2. The van der Waals surface area contributed by atoms with Crippen LogP contribution in [0.15, 0.2) is 23.2 Å². The Kier molecular flexibility index (Phi) is 10.0. The summed E-state index contributed by atoms with van der Waals surface area (Å²) in [5.74, 6) is 3.23. The van der Waals surface area contributed by atoms with Crippen molar-refractivity contribution in [2.75, 3.05) is 20.8 Å². The lowest BCUT2D eigenvalue weighted by atomic mass is 9.87. The number of methoxy groups -OCH3 is 2. The Hall–Kier alpha value is -1.18. The Bertz CT molecular complexity index is 543. The van der Waals surface area contributed by atoms with Gasteiger partial charge in [0.2, 0.25) is 0 Å². The first-order valence-electron chi connectivity index (χ1n) is 8.92. The smallest absolute Gasteiger partial charge is 0.191 e. The van der Waals surface area contributed by atoms with Crippen LogP contribution in [0.5, 0.6) is 11.5 Å². The first-order valence-corrected chi connectivity index (χ1v) is 8.92. The van der Waals surface area contributed by atoms with Crippen LogP contribution in [0, 0.1) is 5.92 Å². The molecule has 1 saturated carbocycles. The van der Waals surface area contributed by atoms with Crippen LogP contribution in [-0.4, -0.2) is 32.8 Å². The molecule has 1 fully saturated rings. The number of guanidine groups is 1. The maximum Gasteiger partial charge on any atom is 0.191 e. The molecule has 0 atom stereocenters. The van der Waals surface area contributed by atoms with E-state index in [1.165, 1.54) is 25.7 Å². The van der Waals surface area contributed by atoms with Crippen LogP contribution in [-0.2, 0) is 6.54 Å². The van der Waals surface area contributed by atoms with E-state index in [-0.39, 0.29) is 24.0 Å². The van der Waals surface area contributed by atoms with Crippen LogP contribution in [0.3, 0.4) is 0 Å². The highest BCUT2D eigenvalue weighted by Gasteiger charge is 2.18. The standard InChI is InChI=1S/C19H31N3O2.HI/c1-5-20-19(22-16-9-6-14(2)7-10-16)21-13-15-8-11-17(23-3)18(12-15)24-4;/h8,11-12,14,16H,5-7,9-10,13H2,1-4H3,(H2,20,21,22);1H. The molecule has 1 aromatic rings. The van der Waals surface area contributed by atoms with Gasteiger partial charge >= 0.3 is 0 Å². The predicted molar refractivity (Wildman–Crippen MR) is 114 cm³/mol. The third kappa shape index (κ3) is 6.92. The second kappa shape index (κ2) is 11.4. The van der Waals surface area contributed by atoms with Crippen molar-refractivity contribution < 1.29 is 9.47 Å². The predicted octanol–water partition coefficient (Wildman–Crippen LogP) is 3.96. The molecule has 1 aliphatic carbocycles. The lowest BCUT2D eigenvalue weighted by molar-refractivity contribution is 0.329. The Morgan fingerprint density at radius 3 is 2.40 bits per heavy atom. The maximum atomic E-state index is 5.36. The fourth-order valence-corrected chi connectivity index (χ4v) is 3.07. The molecule has 0 saturated heterocycles. The van der Waals surface area contributed by atoms with Crippen LogP contribution in [0.25, 0.3) is 0 Å². The molecule has 0 spiro atoms. The quantitative estimate of drug-likeness (QED) is 0.383. The van der Waals surface area contributed by atoms with Gasteiger partial charge in [0.15, 0.2) is 17.5 Å². The van der Waals surface area contributed by atoms with E-state index in [1.807, 2.05) is 18.2 Å². The molecule has 0 amide bonds. The van der Waals surface area contributed by atoms with Gasteiger partial charge in [-0.25, -0.2) is 4.99 Å². The van der Waals surface area contributed by atoms with Crippen molar-refractivity contribution in [3.05, 3.63) is 23.8 Å². The summed E-state index contributed by atoms with van der Waals surface area (Å²) in [6, 6.07) is 6.46. The topological polar surface area (TPSA) is 54.9 Å². The van der Waals surface area contributed by atoms with E-state index in [1.54, 1.807) is 14.2 Å². The summed E-state index contributed by atoms with van der Waals surface area (Å²) in [6.07, 6.45) is 5.05. The Balaban J connectivity index is 0.00000312. The normalized spacial score (nSPS) is 20.4. The van der Waals surface area contributed by atoms with Crippen molar-refractivity contribution in [3.8, 4) is 11.5 Å². The highest BCUT2D eigenvalue weighted by molar-refractivity contribution is 14.0. The van der Waals surface area contributed by atoms with Gasteiger partial charge in [0.05, 0.1) is 20.8 Å². The largest absolute Gasteiger partial charge is 0.493 e. The molecule has 0 unspecified atom stereocenters. The maximum absolute atomic E-state index is 5.36. The van der Waals surface area contributed by atoms with Crippen molar-refractivity contribution in [2.24, 2.45) is 10.9 Å². The molecule has 0 heterocycles. The number of aliphatic imine (C=N–C) groups is 1. The SMILES string of the molecule is CCNC(=NCc1ccc(OC)c(OC)c1)NC1CCC(C)CC1.I. The Morgan fingerprint density at radius 2 is 1.80 bits per heavy atom. The summed E-state index contributed by atoms with van der Waals surface area (Å²) in [7, 11) is 3.30. The number of ether oxygens (including phenoxy) is 2. The summed E-state index contributed by atoms with van der Waals surface area (Å²) < 4.78 is 10.6. The highest BCUT2D eigenvalue weighted by Crippen LogP contribution is 2.28. The summed E-state index contributed by atoms with van der Waals surface area (Å²) in [4.78, 5) is 4.73. The van der Waals surface area contributed by atoms with Gasteiger partial charge in [-0.15, -0.1) is 24.0 Å². The fraction of sp³-hybridized carbons (Fsp3) is 0.632. The molecule has 0 bridgehead atoms. The molecule has 1 aliphatic rings. The van der Waals surface area contributed by atoms with E-state index >= 15 is 0 Å². The Labute approximate surface area is 169 Å². The highest BCUT2D eigenvalue weighted by atomic mass is 127. The van der Waals surface area contributed by atoms with E-state index in [2.05, 4.69) is 24.5 Å². The number of hydrogen-bond acceptors (Lipinski definition) is 3. The number of rotatable bonds is 6. The van der Waals surface area contributed by atoms with E-state index < -0.39 is 0 Å². The van der Waals surface area contributed by atoms with Crippen molar-refractivity contribution in [1.29, 1.82) is 0 Å². The summed E-state index contributed by atoms with van der Waals surface area (Å²) in [5, 5.41) is 6.93. The van der Waals surface area contributed by atoms with Crippen LogP contribution < -0.4 is 20.1 Å². The first kappa shape index (κ1) is 21.9. The molecule has 6 heteroatoms. The van der Waals surface area contributed by atoms with E-state index in [0.717, 1.165) is 35.5 Å². The first-order chi connectivity index (χ1) is 11.7. The number of nitrogens with zero attached hydrogens (tertiary/aromatic N) is 1. The molecular formula is C19H32IN3O2. The number of benzene rings is 1. The molecule has 1 aromatic carbocycles. The molecule has 0 aromatic heterocycles. The monoisotopic (exact) mass is 461 g/mol. The van der Waals surface area contributed by atoms with Crippen molar-refractivity contribution in [1.82, 2.24) is 10.6 Å². The average molecular weight is 461 g/mol. The summed E-state index contributed by atoms with van der Waals surface area (Å²) >= 11 is 0. The van der Waals surface area contributed by atoms with Gasteiger partial charge in [0.1, 0.15) is 0 Å². The third-order valence-electron chi connectivity index (χ3n) is 4.57. The van der Waals surface area contributed by atoms with Crippen LogP contribution >= 0.6 is 24.0 Å². The van der Waals surface area contributed by atoms with Crippen molar-refractivity contribution >= 4 is 29.9 Å². The van der Waals surface area contributed by atoms with Gasteiger partial charge in [-0.3, -0.25) is 0 Å². The van der Waals surface area contributed by atoms with Crippen molar-refractivity contribution in [2.45, 2.75) is 52.1 Å². The summed E-state index contributed by atoms with van der Waals surface area (Å²) in [5.41, 5.74) is 1.10. The Morgan fingerprint density at radius 1 is 1.12 bits per heavy atom. The lowest BCUT2D eigenvalue weighted by Crippen LogP contribution is -2.44. The molecule has 2 N–H and O–H groups in total. The third-order valence-corrected chi connectivity index (χ3v) is 4.57. The summed E-state index contributed by atoms with van der Waals surface area (Å²) in [6.45, 7) is 5.91. The second-order valence-electron chi connectivity index (χ2n) is 6.49. The van der Waals surface area contributed by atoms with Gasteiger partial charge in [-0.2, -0.15) is 0 Å². The van der Waals surface area contributed by atoms with Gasteiger partial charge in [0.25, 0.3) is 0 Å². The van der Waals surface area contributed by atoms with Gasteiger partial charge in [-0.1, -0.05) is 13.0 Å². The molecule has 5 nitrogen and oxygen atoms in total. The second-order valence-corrected chi connectivity index (χ2v) is 6.49. The van der Waals surface area contributed by atoms with Gasteiger partial charge in [-0.05, 0) is 56.2 Å². The molecule has 2 rings (SSSR count). The molecular weight excluding hydrogens is 429 g/mol. The minimum Gasteiger partial charge on any atom is -0.493 e. The minimum absolute atomic E-state index is 0. The van der Waals surface area contributed by atoms with Crippen LogP contribution in [0.4, 0.5) is 0 Å². The van der Waals surface area contributed by atoms with E-state index in [0.29, 0.717) is 12.6 Å². The van der Waals surface area contributed by atoms with Crippen molar-refractivity contribution in [3.63, 3.8) is 0 Å². The lowest BCUT2D eigenvalue weighted by Gasteiger charge is -2.28. The van der Waals surface area contributed by atoms with Gasteiger partial charge in [0, 0.05) is 12.6 Å². The number of halogens is 1. The minimum atomic E-state index is 0.